The average Bonchev–Trinajstić information content (AvgIpc) is 2.40. The Morgan fingerprint density at radius 1 is 1.15 bits per heavy atom. The molecule has 2 aromatic rings. The van der Waals surface area contributed by atoms with Crippen LogP contribution in [0.15, 0.2) is 36.4 Å². The first-order valence-electron chi connectivity index (χ1n) is 6.71. The third-order valence-corrected chi connectivity index (χ3v) is 4.19. The molecule has 0 saturated carbocycles. The molecule has 3 rings (SSSR count). The lowest BCUT2D eigenvalue weighted by Crippen LogP contribution is -2.23. The first-order chi connectivity index (χ1) is 9.54. The summed E-state index contributed by atoms with van der Waals surface area (Å²) in [4.78, 5) is 11.9. The van der Waals surface area contributed by atoms with Gasteiger partial charge in [0, 0.05) is 23.0 Å². The van der Waals surface area contributed by atoms with Gasteiger partial charge in [0.25, 0.3) is 0 Å². The number of aryl methyl sites for hydroxylation is 2. The summed E-state index contributed by atoms with van der Waals surface area (Å²) in [5.41, 5.74) is 5.63. The molecule has 1 N–H and O–H groups in total. The molecule has 1 atom stereocenters. The van der Waals surface area contributed by atoms with Gasteiger partial charge in [-0.3, -0.25) is 4.79 Å². The van der Waals surface area contributed by atoms with Gasteiger partial charge in [0.1, 0.15) is 0 Å². The first kappa shape index (κ1) is 13.2. The molecule has 20 heavy (non-hydrogen) atoms. The van der Waals surface area contributed by atoms with Crippen molar-refractivity contribution in [2.45, 2.75) is 26.2 Å². The van der Waals surface area contributed by atoms with Crippen molar-refractivity contribution in [1.82, 2.24) is 0 Å². The van der Waals surface area contributed by atoms with Crippen LogP contribution in [0, 0.1) is 13.8 Å². The SMILES string of the molecule is Cc1cc2c(cc1C)[C@@H](c1cccc(Cl)c1)CC(=O)N2. The van der Waals surface area contributed by atoms with E-state index in [0.717, 1.165) is 11.3 Å². The molecule has 1 aliphatic heterocycles. The van der Waals surface area contributed by atoms with Crippen LogP contribution < -0.4 is 5.32 Å². The van der Waals surface area contributed by atoms with E-state index in [9.17, 15) is 4.79 Å². The van der Waals surface area contributed by atoms with Crippen molar-refractivity contribution in [3.8, 4) is 0 Å². The lowest BCUT2D eigenvalue weighted by atomic mass is 9.83. The highest BCUT2D eigenvalue weighted by Gasteiger charge is 2.27. The molecule has 0 saturated heterocycles. The number of carbonyl (C=O) groups is 1. The van der Waals surface area contributed by atoms with E-state index in [2.05, 4.69) is 31.3 Å². The topological polar surface area (TPSA) is 29.1 Å². The number of hydrogen-bond acceptors (Lipinski definition) is 1. The second-order valence-corrected chi connectivity index (χ2v) is 5.82. The van der Waals surface area contributed by atoms with E-state index in [1.54, 1.807) is 0 Å². The summed E-state index contributed by atoms with van der Waals surface area (Å²) < 4.78 is 0. The molecule has 0 spiro atoms. The number of hydrogen-bond donors (Lipinski definition) is 1. The highest BCUT2D eigenvalue weighted by Crippen LogP contribution is 2.38. The number of nitrogens with one attached hydrogen (secondary N) is 1. The van der Waals surface area contributed by atoms with E-state index >= 15 is 0 Å². The smallest absolute Gasteiger partial charge is 0.225 e. The van der Waals surface area contributed by atoms with Gasteiger partial charge in [-0.05, 0) is 54.3 Å². The number of fused-ring (bicyclic) bond motifs is 1. The van der Waals surface area contributed by atoms with Crippen molar-refractivity contribution < 1.29 is 4.79 Å². The predicted molar refractivity (Wildman–Crippen MR) is 82.5 cm³/mol. The van der Waals surface area contributed by atoms with Gasteiger partial charge in [0.05, 0.1) is 0 Å². The summed E-state index contributed by atoms with van der Waals surface area (Å²) >= 11 is 6.08. The van der Waals surface area contributed by atoms with Crippen LogP contribution >= 0.6 is 11.6 Å². The molecule has 2 nitrogen and oxygen atoms in total. The zero-order valence-corrected chi connectivity index (χ0v) is 12.3. The summed E-state index contributed by atoms with van der Waals surface area (Å²) in [6, 6.07) is 12.0. The van der Waals surface area contributed by atoms with E-state index in [4.69, 9.17) is 11.6 Å². The van der Waals surface area contributed by atoms with Crippen molar-refractivity contribution in [3.05, 3.63) is 63.7 Å². The van der Waals surface area contributed by atoms with Crippen molar-refractivity contribution in [2.75, 3.05) is 5.32 Å². The quantitative estimate of drug-likeness (QED) is 0.825. The molecular weight excluding hydrogens is 270 g/mol. The van der Waals surface area contributed by atoms with Crippen LogP contribution in [0.2, 0.25) is 5.02 Å². The Kier molecular flexibility index (Phi) is 3.27. The summed E-state index contributed by atoms with van der Waals surface area (Å²) in [7, 11) is 0. The van der Waals surface area contributed by atoms with Crippen LogP contribution in [0.5, 0.6) is 0 Å². The zero-order valence-electron chi connectivity index (χ0n) is 11.5. The maximum absolute atomic E-state index is 11.9. The van der Waals surface area contributed by atoms with Gasteiger partial charge < -0.3 is 5.32 Å². The van der Waals surface area contributed by atoms with Gasteiger partial charge in [-0.1, -0.05) is 29.8 Å². The second-order valence-electron chi connectivity index (χ2n) is 5.38. The Hall–Kier alpha value is -1.80. The normalized spacial score (nSPS) is 17.6. The molecule has 0 fully saturated rings. The maximum atomic E-state index is 11.9. The van der Waals surface area contributed by atoms with Crippen LogP contribution in [0.1, 0.15) is 34.6 Å². The molecule has 2 aromatic carbocycles. The molecule has 0 aliphatic carbocycles. The third kappa shape index (κ3) is 2.32. The van der Waals surface area contributed by atoms with Crippen molar-refractivity contribution in [1.29, 1.82) is 0 Å². The zero-order chi connectivity index (χ0) is 14.3. The highest BCUT2D eigenvalue weighted by molar-refractivity contribution is 6.30. The lowest BCUT2D eigenvalue weighted by molar-refractivity contribution is -0.116. The monoisotopic (exact) mass is 285 g/mol. The van der Waals surface area contributed by atoms with E-state index in [1.807, 2.05) is 24.3 Å². The predicted octanol–water partition coefficient (Wildman–Crippen LogP) is 4.43. The van der Waals surface area contributed by atoms with Crippen molar-refractivity contribution in [3.63, 3.8) is 0 Å². The minimum Gasteiger partial charge on any atom is -0.326 e. The van der Waals surface area contributed by atoms with Crippen LogP contribution in [0.3, 0.4) is 0 Å². The van der Waals surface area contributed by atoms with E-state index in [0.29, 0.717) is 11.4 Å². The van der Waals surface area contributed by atoms with Gasteiger partial charge in [0.2, 0.25) is 5.91 Å². The van der Waals surface area contributed by atoms with E-state index in [1.165, 1.54) is 16.7 Å². The number of halogens is 1. The summed E-state index contributed by atoms with van der Waals surface area (Å²) in [6.45, 7) is 4.16. The highest BCUT2D eigenvalue weighted by atomic mass is 35.5. The number of benzene rings is 2. The molecule has 1 amide bonds. The maximum Gasteiger partial charge on any atom is 0.225 e. The van der Waals surface area contributed by atoms with Crippen LogP contribution in [-0.2, 0) is 4.79 Å². The summed E-state index contributed by atoms with van der Waals surface area (Å²) in [5.74, 6) is 0.141. The fourth-order valence-corrected chi connectivity index (χ4v) is 2.95. The Bertz CT molecular complexity index is 693. The Labute approximate surface area is 123 Å². The fourth-order valence-electron chi connectivity index (χ4n) is 2.75. The molecule has 1 aliphatic rings. The van der Waals surface area contributed by atoms with Crippen molar-refractivity contribution in [2.24, 2.45) is 0 Å². The Morgan fingerprint density at radius 2 is 1.90 bits per heavy atom. The third-order valence-electron chi connectivity index (χ3n) is 3.96. The fraction of sp³-hybridized carbons (Fsp3) is 0.235. The molecule has 0 radical (unpaired) electrons. The summed E-state index contributed by atoms with van der Waals surface area (Å²) in [5, 5.41) is 3.68. The first-order valence-corrected chi connectivity index (χ1v) is 7.09. The second kappa shape index (κ2) is 4.95. The number of rotatable bonds is 1. The largest absolute Gasteiger partial charge is 0.326 e. The average molecular weight is 286 g/mol. The Morgan fingerprint density at radius 3 is 2.65 bits per heavy atom. The van der Waals surface area contributed by atoms with Crippen molar-refractivity contribution >= 4 is 23.2 Å². The van der Waals surface area contributed by atoms with Crippen LogP contribution in [-0.4, -0.2) is 5.91 Å². The van der Waals surface area contributed by atoms with Crippen LogP contribution in [0.4, 0.5) is 5.69 Å². The summed E-state index contributed by atoms with van der Waals surface area (Å²) in [6.07, 6.45) is 0.468. The molecule has 0 unspecified atom stereocenters. The van der Waals surface area contributed by atoms with E-state index < -0.39 is 0 Å². The molecule has 0 bridgehead atoms. The van der Waals surface area contributed by atoms with Gasteiger partial charge in [-0.15, -0.1) is 0 Å². The Balaban J connectivity index is 2.14. The van der Waals surface area contributed by atoms with Gasteiger partial charge in [-0.25, -0.2) is 0 Å². The minimum atomic E-state index is 0.0609. The molecule has 3 heteroatoms. The van der Waals surface area contributed by atoms with Gasteiger partial charge >= 0.3 is 0 Å². The standard InChI is InChI=1S/C17H16ClNO/c1-10-6-15-14(12-4-3-5-13(18)8-12)9-17(20)19-16(15)7-11(10)2/h3-8,14H,9H2,1-2H3,(H,19,20)/t14-/m1/s1. The lowest BCUT2D eigenvalue weighted by Gasteiger charge is -2.27. The minimum absolute atomic E-state index is 0.0609. The van der Waals surface area contributed by atoms with E-state index in [-0.39, 0.29) is 11.8 Å². The van der Waals surface area contributed by atoms with Gasteiger partial charge in [0.15, 0.2) is 0 Å². The van der Waals surface area contributed by atoms with Crippen LogP contribution in [0.25, 0.3) is 0 Å². The molecule has 0 aromatic heterocycles. The van der Waals surface area contributed by atoms with Gasteiger partial charge in [-0.2, -0.15) is 0 Å². The molecular formula is C17H16ClNO. The molecule has 102 valence electrons. The number of amides is 1. The number of carbonyl (C=O) groups excluding carboxylic acids is 1. The number of anilines is 1. The molecule has 1 heterocycles.